The lowest BCUT2D eigenvalue weighted by molar-refractivity contribution is -0.129. The number of carbonyl (C=O) groups excluding carboxylic acids is 3. The minimum absolute atomic E-state index is 0.0753. The molecule has 2 N–H and O–H groups in total. The fourth-order valence-electron chi connectivity index (χ4n) is 4.25. The Morgan fingerprint density at radius 2 is 1.78 bits per heavy atom. The van der Waals surface area contributed by atoms with Crippen LogP contribution in [0.5, 0.6) is 0 Å². The van der Waals surface area contributed by atoms with Crippen molar-refractivity contribution in [1.29, 1.82) is 0 Å². The average molecular weight is 452 g/mol. The van der Waals surface area contributed by atoms with E-state index in [1.165, 1.54) is 4.90 Å². The second-order valence-electron chi connectivity index (χ2n) is 10.1. The predicted molar refractivity (Wildman–Crippen MR) is 129 cm³/mol. The highest BCUT2D eigenvalue weighted by molar-refractivity contribution is 5.93. The fourth-order valence-corrected chi connectivity index (χ4v) is 4.25. The number of hydrogen-bond acceptors (Lipinski definition) is 6. The Bertz CT molecular complexity index is 662. The Labute approximate surface area is 194 Å². The number of ketones is 2. The first-order valence-electron chi connectivity index (χ1n) is 12.0. The smallest absolute Gasteiger partial charge is 0.409 e. The van der Waals surface area contributed by atoms with Crippen molar-refractivity contribution in [1.82, 2.24) is 15.5 Å². The molecule has 2 atom stereocenters. The first kappa shape index (κ1) is 28.3. The summed E-state index contributed by atoms with van der Waals surface area (Å²) in [6, 6.07) is 0.176. The summed E-state index contributed by atoms with van der Waals surface area (Å²) in [5.74, 6) is -0.00459. The monoisotopic (exact) mass is 451 g/mol. The van der Waals surface area contributed by atoms with Crippen molar-refractivity contribution in [2.45, 2.75) is 97.2 Å². The molecule has 0 saturated heterocycles. The number of nitrogens with one attached hydrogen (secondary N) is 2. The Balaban J connectivity index is 3.07. The van der Waals surface area contributed by atoms with E-state index in [1.54, 1.807) is 7.05 Å². The number of hydrogen-bond donors (Lipinski definition) is 2. The second-order valence-corrected chi connectivity index (χ2v) is 10.1. The van der Waals surface area contributed by atoms with Gasteiger partial charge in [-0.15, -0.1) is 0 Å². The zero-order valence-electron chi connectivity index (χ0n) is 21.3. The molecule has 32 heavy (non-hydrogen) atoms. The van der Waals surface area contributed by atoms with Crippen molar-refractivity contribution in [2.24, 2.45) is 5.92 Å². The fraction of sp³-hybridized carbons (Fsp3) is 0.800. The first-order valence-corrected chi connectivity index (χ1v) is 12.0. The minimum atomic E-state index is -0.832. The molecular formula is C25H45N3O4. The highest BCUT2D eigenvalue weighted by Crippen LogP contribution is 2.22. The van der Waals surface area contributed by atoms with E-state index in [0.717, 1.165) is 25.7 Å². The van der Waals surface area contributed by atoms with Crippen molar-refractivity contribution in [3.05, 3.63) is 12.2 Å². The van der Waals surface area contributed by atoms with Gasteiger partial charge in [-0.2, -0.15) is 0 Å². The van der Waals surface area contributed by atoms with E-state index in [1.807, 2.05) is 53.7 Å². The Morgan fingerprint density at radius 3 is 2.41 bits per heavy atom. The van der Waals surface area contributed by atoms with Crippen LogP contribution in [0.15, 0.2) is 12.2 Å². The maximum Gasteiger partial charge on any atom is 0.409 e. The number of nitrogens with zero attached hydrogens (tertiary/aromatic N) is 1. The van der Waals surface area contributed by atoms with E-state index in [0.29, 0.717) is 19.4 Å². The molecule has 0 aliphatic carbocycles. The minimum Gasteiger partial charge on any atom is -0.445 e. The van der Waals surface area contributed by atoms with Gasteiger partial charge in [-0.3, -0.25) is 14.9 Å². The molecule has 7 heteroatoms. The van der Waals surface area contributed by atoms with Crippen LogP contribution in [0, 0.1) is 5.92 Å². The molecule has 1 heterocycles. The molecular weight excluding hydrogens is 406 g/mol. The van der Waals surface area contributed by atoms with Gasteiger partial charge in [-0.05, 0) is 59.8 Å². The van der Waals surface area contributed by atoms with Crippen LogP contribution in [0.2, 0.25) is 0 Å². The predicted octanol–water partition coefficient (Wildman–Crippen LogP) is 3.86. The molecule has 0 aromatic carbocycles. The van der Waals surface area contributed by atoms with Crippen LogP contribution in [0.4, 0.5) is 4.79 Å². The zero-order chi connectivity index (χ0) is 24.4. The highest BCUT2D eigenvalue weighted by Gasteiger charge is 2.38. The summed E-state index contributed by atoms with van der Waals surface area (Å²) in [4.78, 5) is 40.0. The van der Waals surface area contributed by atoms with Crippen LogP contribution in [-0.2, 0) is 14.3 Å². The largest absolute Gasteiger partial charge is 0.445 e. The summed E-state index contributed by atoms with van der Waals surface area (Å²) in [5.41, 5.74) is -1.48. The average Bonchev–Trinajstić information content (AvgIpc) is 2.71. The number of carbonyl (C=O) groups is 3. The second kappa shape index (κ2) is 13.1. The SMILES string of the molecule is CC(C)N[C@]1(C)CCCC/C=C/COC(=O)N(C)CCC[C@@](C)(C(=O)C(C)C)NCC1=O. The summed E-state index contributed by atoms with van der Waals surface area (Å²) in [5, 5.41) is 6.76. The Kier molecular flexibility index (Phi) is 11.6. The molecule has 1 aliphatic rings. The van der Waals surface area contributed by atoms with E-state index in [-0.39, 0.29) is 42.8 Å². The lowest BCUT2D eigenvalue weighted by Crippen LogP contribution is -2.59. The molecule has 0 aromatic rings. The third-order valence-corrected chi connectivity index (χ3v) is 6.18. The summed E-state index contributed by atoms with van der Waals surface area (Å²) in [6.45, 7) is 12.6. The van der Waals surface area contributed by atoms with Gasteiger partial charge in [0.2, 0.25) is 0 Å². The van der Waals surface area contributed by atoms with Crippen molar-refractivity contribution < 1.29 is 19.1 Å². The summed E-state index contributed by atoms with van der Waals surface area (Å²) in [6.07, 6.45) is 8.13. The molecule has 1 rings (SSSR count). The molecule has 1 amide bonds. The molecule has 1 aliphatic heterocycles. The molecule has 0 spiro atoms. The van der Waals surface area contributed by atoms with Gasteiger partial charge in [0.1, 0.15) is 6.61 Å². The van der Waals surface area contributed by atoms with Crippen LogP contribution in [-0.4, -0.2) is 66.4 Å². The Hall–Kier alpha value is -1.73. The van der Waals surface area contributed by atoms with Gasteiger partial charge in [-0.1, -0.05) is 32.4 Å². The highest BCUT2D eigenvalue weighted by atomic mass is 16.6. The molecule has 0 saturated carbocycles. The van der Waals surface area contributed by atoms with Crippen LogP contribution in [0.3, 0.4) is 0 Å². The maximum absolute atomic E-state index is 13.3. The van der Waals surface area contributed by atoms with Crippen LogP contribution in [0.25, 0.3) is 0 Å². The number of rotatable bonds is 4. The number of cyclic esters (lactones) is 1. The third-order valence-electron chi connectivity index (χ3n) is 6.18. The molecule has 0 radical (unpaired) electrons. The first-order chi connectivity index (χ1) is 14.9. The van der Waals surface area contributed by atoms with Gasteiger partial charge in [0.05, 0.1) is 17.6 Å². The molecule has 0 fully saturated rings. The zero-order valence-corrected chi connectivity index (χ0v) is 21.3. The van der Waals surface area contributed by atoms with Gasteiger partial charge in [0.15, 0.2) is 11.6 Å². The van der Waals surface area contributed by atoms with Gasteiger partial charge in [-0.25, -0.2) is 4.79 Å². The van der Waals surface area contributed by atoms with E-state index in [2.05, 4.69) is 10.6 Å². The van der Waals surface area contributed by atoms with Crippen molar-refractivity contribution in [2.75, 3.05) is 26.7 Å². The summed E-state index contributed by atoms with van der Waals surface area (Å²) in [7, 11) is 1.70. The van der Waals surface area contributed by atoms with E-state index >= 15 is 0 Å². The van der Waals surface area contributed by atoms with E-state index < -0.39 is 11.1 Å². The summed E-state index contributed by atoms with van der Waals surface area (Å²) >= 11 is 0. The number of allylic oxidation sites excluding steroid dienone is 1. The van der Waals surface area contributed by atoms with Gasteiger partial charge < -0.3 is 15.0 Å². The quantitative estimate of drug-likeness (QED) is 0.631. The topological polar surface area (TPSA) is 87.7 Å². The number of amides is 1. The van der Waals surface area contributed by atoms with Crippen molar-refractivity contribution in [3.8, 4) is 0 Å². The molecule has 0 aromatic heterocycles. The lowest BCUT2D eigenvalue weighted by atomic mass is 9.83. The number of ether oxygens (including phenoxy) is 1. The summed E-state index contributed by atoms with van der Waals surface area (Å²) < 4.78 is 5.29. The number of Topliss-reactive ketones (excluding diaryl/α,β-unsaturated/α-hetero) is 2. The maximum atomic E-state index is 13.3. The van der Waals surface area contributed by atoms with Crippen LogP contribution >= 0.6 is 0 Å². The lowest BCUT2D eigenvalue weighted by Gasteiger charge is -2.35. The standard InChI is InChI=1S/C25H45N3O4/c1-19(2)22(30)25(6)15-13-16-28(7)23(31)32-17-12-10-8-9-11-14-24(5,27-20(3)4)21(29)18-26-25/h10,12,19-20,26-27H,8-9,11,13-18H2,1-7H3/b12-10+/t24-,25+/m1/s1. The van der Waals surface area contributed by atoms with Crippen molar-refractivity contribution >= 4 is 17.7 Å². The third kappa shape index (κ3) is 9.02. The van der Waals surface area contributed by atoms with E-state index in [9.17, 15) is 14.4 Å². The molecule has 184 valence electrons. The Morgan fingerprint density at radius 1 is 1.09 bits per heavy atom. The molecule has 0 unspecified atom stereocenters. The van der Waals surface area contributed by atoms with Crippen LogP contribution in [0.1, 0.15) is 80.1 Å². The molecule has 0 bridgehead atoms. The van der Waals surface area contributed by atoms with Crippen molar-refractivity contribution in [3.63, 3.8) is 0 Å². The van der Waals surface area contributed by atoms with E-state index in [4.69, 9.17) is 4.74 Å². The van der Waals surface area contributed by atoms with Gasteiger partial charge in [0.25, 0.3) is 0 Å². The molecule has 7 nitrogen and oxygen atoms in total. The normalized spacial score (nSPS) is 28.8. The van der Waals surface area contributed by atoms with Gasteiger partial charge >= 0.3 is 6.09 Å². The van der Waals surface area contributed by atoms with Crippen LogP contribution < -0.4 is 10.6 Å². The van der Waals surface area contributed by atoms with Gasteiger partial charge in [0, 0.05) is 25.6 Å².